The Hall–Kier alpha value is -2.57. The van der Waals surface area contributed by atoms with Crippen molar-refractivity contribution < 1.29 is 15.0 Å². The molecule has 2 aromatic carbocycles. The molecule has 21 heavy (non-hydrogen) atoms. The summed E-state index contributed by atoms with van der Waals surface area (Å²) in [5, 5.41) is 17.6. The van der Waals surface area contributed by atoms with Gasteiger partial charge in [-0.25, -0.2) is 0 Å². The molecule has 3 nitrogen and oxygen atoms in total. The van der Waals surface area contributed by atoms with Crippen LogP contribution >= 0.6 is 0 Å². The maximum atomic E-state index is 10.5. The van der Waals surface area contributed by atoms with Gasteiger partial charge in [0.15, 0.2) is 0 Å². The summed E-state index contributed by atoms with van der Waals surface area (Å²) < 4.78 is 0. The smallest absolute Gasteiger partial charge is 0.303 e. The zero-order valence-electron chi connectivity index (χ0n) is 11.5. The molecule has 2 N–H and O–H groups in total. The van der Waals surface area contributed by atoms with E-state index in [2.05, 4.69) is 11.8 Å². The van der Waals surface area contributed by atoms with Crippen LogP contribution in [0.4, 0.5) is 0 Å². The Kier molecular flexibility index (Phi) is 5.14. The topological polar surface area (TPSA) is 57.5 Å². The first-order chi connectivity index (χ1) is 10.2. The molecule has 0 fully saturated rings. The van der Waals surface area contributed by atoms with Gasteiger partial charge in [-0.3, -0.25) is 4.79 Å². The zero-order valence-corrected chi connectivity index (χ0v) is 11.5. The van der Waals surface area contributed by atoms with Gasteiger partial charge in [0.25, 0.3) is 0 Å². The lowest BCUT2D eigenvalue weighted by Gasteiger charge is -1.98. The molecule has 0 heterocycles. The zero-order chi connectivity index (χ0) is 15.1. The summed E-state index contributed by atoms with van der Waals surface area (Å²) in [6.45, 7) is 0.0332. The predicted molar refractivity (Wildman–Crippen MR) is 80.7 cm³/mol. The Labute approximate surface area is 123 Å². The van der Waals surface area contributed by atoms with Gasteiger partial charge in [0.2, 0.25) is 0 Å². The second-order valence-electron chi connectivity index (χ2n) is 4.70. The van der Waals surface area contributed by atoms with E-state index in [-0.39, 0.29) is 13.0 Å². The molecule has 0 aliphatic rings. The van der Waals surface area contributed by atoms with Crippen molar-refractivity contribution in [3.63, 3.8) is 0 Å². The van der Waals surface area contributed by atoms with E-state index in [1.165, 1.54) is 0 Å². The maximum Gasteiger partial charge on any atom is 0.303 e. The molecule has 0 saturated heterocycles. The van der Waals surface area contributed by atoms with E-state index in [0.29, 0.717) is 6.42 Å². The number of hydrogen-bond donors (Lipinski definition) is 2. The molecule has 0 atom stereocenters. The lowest BCUT2D eigenvalue weighted by molar-refractivity contribution is -0.136. The van der Waals surface area contributed by atoms with Crippen molar-refractivity contribution in [1.82, 2.24) is 0 Å². The summed E-state index contributed by atoms with van der Waals surface area (Å²) in [5.41, 5.74) is 3.64. The Morgan fingerprint density at radius 1 is 0.857 bits per heavy atom. The van der Waals surface area contributed by atoms with Crippen molar-refractivity contribution in [2.24, 2.45) is 0 Å². The number of carbonyl (C=O) groups is 1. The Morgan fingerprint density at radius 2 is 1.33 bits per heavy atom. The highest BCUT2D eigenvalue weighted by Crippen LogP contribution is 2.07. The molecular weight excluding hydrogens is 264 g/mol. The van der Waals surface area contributed by atoms with Gasteiger partial charge in [0, 0.05) is 17.5 Å². The largest absolute Gasteiger partial charge is 0.481 e. The quantitative estimate of drug-likeness (QED) is 0.846. The molecular formula is C18H16O3. The molecule has 0 spiro atoms. The summed E-state index contributed by atoms with van der Waals surface area (Å²) in [6, 6.07) is 15.0. The second kappa shape index (κ2) is 7.28. The molecule has 0 amide bonds. The van der Waals surface area contributed by atoms with Crippen LogP contribution in [0.15, 0.2) is 48.5 Å². The monoisotopic (exact) mass is 280 g/mol. The predicted octanol–water partition coefficient (Wildman–Crippen LogP) is 2.60. The molecule has 0 aromatic heterocycles. The number of benzene rings is 2. The van der Waals surface area contributed by atoms with Crippen molar-refractivity contribution in [2.45, 2.75) is 19.4 Å². The average molecular weight is 280 g/mol. The number of carboxylic acid groups (broad SMARTS) is 1. The van der Waals surface area contributed by atoms with Crippen molar-refractivity contribution in [1.29, 1.82) is 0 Å². The van der Waals surface area contributed by atoms with Gasteiger partial charge in [0.05, 0.1) is 6.61 Å². The van der Waals surface area contributed by atoms with E-state index in [1.807, 2.05) is 48.5 Å². The minimum atomic E-state index is -0.787. The summed E-state index contributed by atoms with van der Waals surface area (Å²) in [6.07, 6.45) is 0.674. The van der Waals surface area contributed by atoms with Gasteiger partial charge in [-0.1, -0.05) is 36.1 Å². The van der Waals surface area contributed by atoms with Crippen LogP contribution in [0.1, 0.15) is 28.7 Å². The average Bonchev–Trinajstić information content (AvgIpc) is 2.52. The van der Waals surface area contributed by atoms with Crippen molar-refractivity contribution in [2.75, 3.05) is 0 Å². The number of hydrogen-bond acceptors (Lipinski definition) is 2. The minimum Gasteiger partial charge on any atom is -0.481 e. The van der Waals surface area contributed by atoms with E-state index < -0.39 is 5.97 Å². The molecule has 0 radical (unpaired) electrons. The number of aliphatic hydroxyl groups excluding tert-OH is 1. The molecule has 0 saturated carbocycles. The lowest BCUT2D eigenvalue weighted by Crippen LogP contribution is -1.97. The molecule has 106 valence electrons. The van der Waals surface area contributed by atoms with Crippen LogP contribution in [-0.2, 0) is 17.8 Å². The van der Waals surface area contributed by atoms with Gasteiger partial charge in [0.1, 0.15) is 0 Å². The van der Waals surface area contributed by atoms with Crippen molar-refractivity contribution in [3.05, 3.63) is 70.8 Å². The number of rotatable bonds is 4. The van der Waals surface area contributed by atoms with Gasteiger partial charge in [-0.05, 0) is 41.8 Å². The number of aliphatic carboxylic acids is 1. The number of aliphatic hydroxyl groups is 1. The molecule has 0 unspecified atom stereocenters. The molecule has 2 aromatic rings. The van der Waals surface area contributed by atoms with Gasteiger partial charge < -0.3 is 10.2 Å². The fourth-order valence-corrected chi connectivity index (χ4v) is 1.84. The van der Waals surface area contributed by atoms with Crippen LogP contribution in [0, 0.1) is 11.8 Å². The van der Waals surface area contributed by atoms with E-state index in [0.717, 1.165) is 22.3 Å². The Morgan fingerprint density at radius 3 is 1.76 bits per heavy atom. The van der Waals surface area contributed by atoms with Gasteiger partial charge in [-0.15, -0.1) is 0 Å². The first kappa shape index (κ1) is 14.8. The van der Waals surface area contributed by atoms with E-state index in [1.54, 1.807) is 0 Å². The fourth-order valence-electron chi connectivity index (χ4n) is 1.84. The maximum absolute atomic E-state index is 10.5. The summed E-state index contributed by atoms with van der Waals surface area (Å²) in [7, 11) is 0. The Balaban J connectivity index is 2.02. The highest BCUT2D eigenvalue weighted by molar-refractivity contribution is 5.67. The normalized spacial score (nSPS) is 9.76. The van der Waals surface area contributed by atoms with Crippen LogP contribution in [0.25, 0.3) is 0 Å². The van der Waals surface area contributed by atoms with Crippen LogP contribution in [-0.4, -0.2) is 16.2 Å². The van der Waals surface area contributed by atoms with Crippen LogP contribution in [0.3, 0.4) is 0 Å². The summed E-state index contributed by atoms with van der Waals surface area (Å²) in [5.74, 6) is 5.33. The lowest BCUT2D eigenvalue weighted by atomic mass is 10.1. The van der Waals surface area contributed by atoms with Crippen molar-refractivity contribution >= 4 is 5.97 Å². The fraction of sp³-hybridized carbons (Fsp3) is 0.167. The van der Waals surface area contributed by atoms with Crippen LogP contribution in [0.2, 0.25) is 0 Å². The third-order valence-corrected chi connectivity index (χ3v) is 3.07. The summed E-state index contributed by atoms with van der Waals surface area (Å²) in [4.78, 5) is 10.5. The molecule has 2 rings (SSSR count). The first-order valence-corrected chi connectivity index (χ1v) is 6.70. The second-order valence-corrected chi connectivity index (χ2v) is 4.70. The van der Waals surface area contributed by atoms with Crippen LogP contribution < -0.4 is 0 Å². The third kappa shape index (κ3) is 4.79. The first-order valence-electron chi connectivity index (χ1n) is 6.70. The van der Waals surface area contributed by atoms with Gasteiger partial charge >= 0.3 is 5.97 Å². The summed E-state index contributed by atoms with van der Waals surface area (Å²) >= 11 is 0. The number of aryl methyl sites for hydroxylation is 1. The standard InChI is InChI=1S/C18H16O3/c19-13-17-9-7-15(8-10-17)2-1-14-3-5-16(6-4-14)11-12-18(20)21/h3-10,19H,11-13H2,(H,20,21). The molecule has 0 aliphatic carbocycles. The minimum absolute atomic E-state index is 0.0332. The van der Waals surface area contributed by atoms with E-state index >= 15 is 0 Å². The van der Waals surface area contributed by atoms with Crippen LogP contribution in [0.5, 0.6) is 0 Å². The Bertz CT molecular complexity index is 658. The van der Waals surface area contributed by atoms with Crippen molar-refractivity contribution in [3.8, 4) is 11.8 Å². The highest BCUT2D eigenvalue weighted by Gasteiger charge is 1.98. The van der Waals surface area contributed by atoms with Gasteiger partial charge in [-0.2, -0.15) is 0 Å². The highest BCUT2D eigenvalue weighted by atomic mass is 16.4. The van der Waals surface area contributed by atoms with E-state index in [4.69, 9.17) is 10.2 Å². The third-order valence-electron chi connectivity index (χ3n) is 3.07. The SMILES string of the molecule is O=C(O)CCc1ccc(C#Cc2ccc(CO)cc2)cc1. The molecule has 3 heteroatoms. The number of carboxylic acids is 1. The van der Waals surface area contributed by atoms with E-state index in [9.17, 15) is 4.79 Å². The molecule has 0 aliphatic heterocycles. The molecule has 0 bridgehead atoms.